The molecule has 0 unspecified atom stereocenters. The number of hydrogen-bond donors (Lipinski definition) is 0. The second-order valence-electron chi connectivity index (χ2n) is 2.47. The number of unbranched alkanes of at least 4 members (excludes halogenated alkanes) is 6. The van der Waals surface area contributed by atoms with E-state index < -0.39 is 0 Å². The largest absolute Gasteiger partial charge is 1.00 e. The van der Waals surface area contributed by atoms with Crippen LogP contribution in [0.3, 0.4) is 0 Å². The molecule has 0 rings (SSSR count). The summed E-state index contributed by atoms with van der Waals surface area (Å²) in [5.41, 5.74) is 0. The van der Waals surface area contributed by atoms with Crippen LogP contribution in [0.1, 0.15) is 44.9 Å². The van der Waals surface area contributed by atoms with Crippen molar-refractivity contribution in [2.24, 2.45) is 0 Å². The molecule has 0 aromatic carbocycles. The van der Waals surface area contributed by atoms with E-state index in [0.717, 1.165) is 12.8 Å². The molecule has 0 bridgehead atoms. The van der Waals surface area contributed by atoms with Gasteiger partial charge in [-0.2, -0.15) is 12.8 Å². The van der Waals surface area contributed by atoms with E-state index in [0.29, 0.717) is 0 Å². The Kier molecular flexibility index (Phi) is 29.2. The quantitative estimate of drug-likeness (QED) is 0.287. The van der Waals surface area contributed by atoms with Gasteiger partial charge in [0.15, 0.2) is 0 Å². The van der Waals surface area contributed by atoms with Crippen LogP contribution in [0.15, 0.2) is 0 Å². The van der Waals surface area contributed by atoms with Gasteiger partial charge >= 0.3 is 44.8 Å². The Labute approximate surface area is 103 Å². The second-order valence-corrected chi connectivity index (χ2v) is 2.47. The van der Waals surface area contributed by atoms with Crippen LogP contribution in [-0.4, -0.2) is 0 Å². The van der Waals surface area contributed by atoms with Crippen LogP contribution in [-0.2, 0) is 44.8 Å². The van der Waals surface area contributed by atoms with Crippen molar-refractivity contribution in [2.75, 3.05) is 0 Å². The van der Waals surface area contributed by atoms with Crippen molar-refractivity contribution >= 4 is 0 Å². The Morgan fingerprint density at radius 2 is 0.818 bits per heavy atom. The summed E-state index contributed by atoms with van der Waals surface area (Å²) in [5.74, 6) is 0. The second kappa shape index (κ2) is 17.5. The van der Waals surface area contributed by atoms with Gasteiger partial charge in [-0.25, -0.2) is 0 Å². The van der Waals surface area contributed by atoms with Crippen molar-refractivity contribution in [1.29, 1.82) is 0 Å². The van der Waals surface area contributed by atoms with E-state index in [9.17, 15) is 0 Å². The van der Waals surface area contributed by atoms with E-state index >= 15 is 0 Å². The van der Waals surface area contributed by atoms with Crippen molar-refractivity contribution in [3.05, 3.63) is 13.8 Å². The predicted molar refractivity (Wildman–Crippen MR) is 43.0 cm³/mol. The van der Waals surface area contributed by atoms with Gasteiger partial charge in [0.2, 0.25) is 0 Å². The third kappa shape index (κ3) is 18.4. The average molecular weight is 520 g/mol. The van der Waals surface area contributed by atoms with Crippen molar-refractivity contribution in [2.45, 2.75) is 44.9 Å². The molecular formula is C9H18Au2. The zero-order valence-corrected chi connectivity index (χ0v) is 11.3. The zero-order chi connectivity index (χ0) is 6.95. The maximum atomic E-state index is 3.79. The summed E-state index contributed by atoms with van der Waals surface area (Å²) in [6.45, 7) is 7.58. The first-order valence-corrected chi connectivity index (χ1v) is 4.00. The molecule has 0 nitrogen and oxygen atoms in total. The molecule has 0 aromatic rings. The fourth-order valence-corrected chi connectivity index (χ4v) is 0.884. The zero-order valence-electron chi connectivity index (χ0n) is 6.97. The monoisotopic (exact) mass is 520 g/mol. The Balaban J connectivity index is -0.000000320. The van der Waals surface area contributed by atoms with E-state index in [2.05, 4.69) is 13.8 Å². The first kappa shape index (κ1) is 18.3. The molecule has 0 fully saturated rings. The van der Waals surface area contributed by atoms with Gasteiger partial charge in [-0.1, -0.05) is 32.1 Å². The third-order valence-electron chi connectivity index (χ3n) is 1.50. The topological polar surface area (TPSA) is 0 Å². The normalized spacial score (nSPS) is 8.18. The molecule has 0 spiro atoms. The summed E-state index contributed by atoms with van der Waals surface area (Å²) in [6, 6.07) is 0. The molecular weight excluding hydrogens is 502 g/mol. The van der Waals surface area contributed by atoms with E-state index in [1.807, 2.05) is 0 Å². The summed E-state index contributed by atoms with van der Waals surface area (Å²) in [7, 11) is 0. The Hall–Kier alpha value is 1.48. The summed E-state index contributed by atoms with van der Waals surface area (Å²) < 4.78 is 0. The molecule has 0 aliphatic heterocycles. The van der Waals surface area contributed by atoms with Crippen LogP contribution in [0.2, 0.25) is 0 Å². The molecule has 0 atom stereocenters. The van der Waals surface area contributed by atoms with Crippen LogP contribution in [0.4, 0.5) is 0 Å². The standard InChI is InChI=1S/C9H18.2Au/c1-3-5-7-9-8-6-4-2;;/h1-9H2;;/q-2;2*+1. The first-order valence-electron chi connectivity index (χ1n) is 4.00. The van der Waals surface area contributed by atoms with Gasteiger partial charge in [0.1, 0.15) is 0 Å². The minimum absolute atomic E-state index is 0. The van der Waals surface area contributed by atoms with Crippen molar-refractivity contribution in [3.8, 4) is 0 Å². The minimum Gasteiger partial charge on any atom is -0.343 e. The molecule has 0 saturated heterocycles. The number of rotatable bonds is 6. The Bertz CT molecular complexity index is 40.8. The molecule has 0 aliphatic rings. The average Bonchev–Trinajstić information content (AvgIpc) is 1.89. The summed E-state index contributed by atoms with van der Waals surface area (Å²) >= 11 is 0. The fraction of sp³-hybridized carbons (Fsp3) is 0.778. The maximum Gasteiger partial charge on any atom is 1.00 e. The molecule has 0 heterocycles. The summed E-state index contributed by atoms with van der Waals surface area (Å²) in [6.07, 6.45) is 8.92. The maximum absolute atomic E-state index is 3.79. The first-order chi connectivity index (χ1) is 4.41. The van der Waals surface area contributed by atoms with Gasteiger partial charge in [0.25, 0.3) is 0 Å². The van der Waals surface area contributed by atoms with Gasteiger partial charge < -0.3 is 13.8 Å². The summed E-state index contributed by atoms with van der Waals surface area (Å²) in [4.78, 5) is 0. The summed E-state index contributed by atoms with van der Waals surface area (Å²) in [5, 5.41) is 0. The van der Waals surface area contributed by atoms with Gasteiger partial charge in [0.05, 0.1) is 0 Å². The van der Waals surface area contributed by atoms with E-state index in [4.69, 9.17) is 0 Å². The predicted octanol–water partition coefficient (Wildman–Crippen LogP) is 3.38. The molecule has 0 amide bonds. The smallest absolute Gasteiger partial charge is 0.343 e. The van der Waals surface area contributed by atoms with Gasteiger partial charge in [-0.3, -0.25) is 0 Å². The Morgan fingerprint density at radius 3 is 1.09 bits per heavy atom. The van der Waals surface area contributed by atoms with Gasteiger partial charge in [-0.05, 0) is 0 Å². The van der Waals surface area contributed by atoms with E-state index in [1.165, 1.54) is 32.1 Å². The van der Waals surface area contributed by atoms with E-state index in [1.54, 1.807) is 0 Å². The van der Waals surface area contributed by atoms with Gasteiger partial charge in [-0.15, -0.1) is 0 Å². The van der Waals surface area contributed by atoms with Crippen molar-refractivity contribution in [1.82, 2.24) is 0 Å². The van der Waals surface area contributed by atoms with Crippen LogP contribution < -0.4 is 0 Å². The Morgan fingerprint density at radius 1 is 0.545 bits per heavy atom. The SMILES string of the molecule is [Au+].[Au+].[CH2-]CCCCCCC[CH2-]. The van der Waals surface area contributed by atoms with Crippen LogP contribution in [0.5, 0.6) is 0 Å². The van der Waals surface area contributed by atoms with Crippen molar-refractivity contribution in [3.63, 3.8) is 0 Å². The molecule has 0 aromatic heterocycles. The molecule has 2 heteroatoms. The number of hydrogen-bond acceptors (Lipinski definition) is 0. The van der Waals surface area contributed by atoms with Crippen LogP contribution >= 0.6 is 0 Å². The molecule has 0 radical (unpaired) electrons. The van der Waals surface area contributed by atoms with Crippen molar-refractivity contribution < 1.29 is 44.8 Å². The van der Waals surface area contributed by atoms with Gasteiger partial charge in [0, 0.05) is 0 Å². The van der Waals surface area contributed by atoms with Crippen LogP contribution in [0, 0.1) is 13.8 Å². The molecule has 76 valence electrons. The molecule has 0 saturated carbocycles. The third-order valence-corrected chi connectivity index (χ3v) is 1.50. The van der Waals surface area contributed by atoms with E-state index in [-0.39, 0.29) is 44.8 Å². The molecule has 0 N–H and O–H groups in total. The van der Waals surface area contributed by atoms with Crippen LogP contribution in [0.25, 0.3) is 0 Å². The fourth-order valence-electron chi connectivity index (χ4n) is 0.884. The molecule has 11 heavy (non-hydrogen) atoms. The minimum atomic E-state index is 0. The molecule has 0 aliphatic carbocycles.